The average molecular weight is 261 g/mol. The summed E-state index contributed by atoms with van der Waals surface area (Å²) >= 11 is 5.27. The Kier molecular flexibility index (Phi) is 2.10. The minimum atomic E-state index is 0.0278. The van der Waals surface area contributed by atoms with Crippen LogP contribution in [0.4, 0.5) is 0 Å². The first-order chi connectivity index (χ1) is 6.03. The average Bonchev–Trinajstić information content (AvgIpc) is 2.43. The van der Waals surface area contributed by atoms with Crippen LogP contribution in [0, 0.1) is 5.41 Å². The van der Waals surface area contributed by atoms with E-state index in [2.05, 4.69) is 41.2 Å². The van der Waals surface area contributed by atoms with Crippen molar-refractivity contribution in [3.8, 4) is 0 Å². The van der Waals surface area contributed by atoms with Crippen molar-refractivity contribution >= 4 is 27.3 Å². The highest BCUT2D eigenvalue weighted by atomic mass is 79.9. The zero-order valence-corrected chi connectivity index (χ0v) is 10.2. The smallest absolute Gasteiger partial charge is 0.0541 e. The maximum absolute atomic E-state index is 9.47. The second-order valence-electron chi connectivity index (χ2n) is 4.40. The Hall–Kier alpha value is 0.140. The normalized spacial score (nSPS) is 30.5. The molecule has 0 spiro atoms. The Labute approximate surface area is 90.9 Å². The fourth-order valence-corrected chi connectivity index (χ4v) is 4.20. The zero-order valence-electron chi connectivity index (χ0n) is 7.80. The molecule has 0 saturated heterocycles. The van der Waals surface area contributed by atoms with Crippen LogP contribution in [0.5, 0.6) is 0 Å². The van der Waals surface area contributed by atoms with Crippen LogP contribution in [0.25, 0.3) is 0 Å². The molecule has 3 heteroatoms. The number of hydrogen-bond acceptors (Lipinski definition) is 2. The Bertz CT molecular complexity index is 331. The van der Waals surface area contributed by atoms with Crippen molar-refractivity contribution in [2.75, 3.05) is 6.61 Å². The van der Waals surface area contributed by atoms with Gasteiger partial charge in [0.15, 0.2) is 0 Å². The van der Waals surface area contributed by atoms with Crippen molar-refractivity contribution in [3.05, 3.63) is 20.8 Å². The molecule has 0 aliphatic heterocycles. The highest BCUT2D eigenvalue weighted by Crippen LogP contribution is 2.66. The van der Waals surface area contributed by atoms with Crippen molar-refractivity contribution in [1.29, 1.82) is 0 Å². The number of rotatable bonds is 2. The molecule has 2 rings (SSSR count). The van der Waals surface area contributed by atoms with Gasteiger partial charge in [0.05, 0.1) is 6.61 Å². The minimum absolute atomic E-state index is 0.0278. The van der Waals surface area contributed by atoms with E-state index in [9.17, 15) is 5.11 Å². The molecule has 13 heavy (non-hydrogen) atoms. The highest BCUT2D eigenvalue weighted by molar-refractivity contribution is 9.10. The molecule has 1 heterocycles. The van der Waals surface area contributed by atoms with E-state index in [1.54, 1.807) is 11.3 Å². The lowest BCUT2D eigenvalue weighted by molar-refractivity contribution is 0.233. The molecule has 0 aromatic carbocycles. The predicted molar refractivity (Wildman–Crippen MR) is 59.2 cm³/mol. The third kappa shape index (κ3) is 1.21. The molecular weight excluding hydrogens is 248 g/mol. The quantitative estimate of drug-likeness (QED) is 0.867. The SMILES string of the molecule is CC1(C)CC1(CO)c1sccc1Br. The van der Waals surface area contributed by atoms with Crippen molar-refractivity contribution in [2.24, 2.45) is 5.41 Å². The van der Waals surface area contributed by atoms with E-state index < -0.39 is 0 Å². The third-order valence-electron chi connectivity index (χ3n) is 3.24. The van der Waals surface area contributed by atoms with Gasteiger partial charge < -0.3 is 5.11 Å². The largest absolute Gasteiger partial charge is 0.395 e. The molecule has 1 N–H and O–H groups in total. The molecule has 1 aliphatic carbocycles. The van der Waals surface area contributed by atoms with Crippen LogP contribution in [0.3, 0.4) is 0 Å². The summed E-state index contributed by atoms with van der Waals surface area (Å²) in [5, 5.41) is 11.5. The summed E-state index contributed by atoms with van der Waals surface area (Å²) in [4.78, 5) is 1.31. The Balaban J connectivity index is 2.41. The molecule has 0 amide bonds. The van der Waals surface area contributed by atoms with Gasteiger partial charge in [-0.15, -0.1) is 11.3 Å². The summed E-state index contributed by atoms with van der Waals surface area (Å²) in [6, 6.07) is 2.06. The molecule has 1 saturated carbocycles. The number of aliphatic hydroxyl groups excluding tert-OH is 1. The van der Waals surface area contributed by atoms with E-state index in [0.29, 0.717) is 0 Å². The van der Waals surface area contributed by atoms with Crippen LogP contribution < -0.4 is 0 Å². The molecular formula is C10H13BrOS. The molecule has 0 radical (unpaired) electrons. The van der Waals surface area contributed by atoms with Gasteiger partial charge in [-0.05, 0) is 39.2 Å². The van der Waals surface area contributed by atoms with Crippen molar-refractivity contribution in [1.82, 2.24) is 0 Å². The first kappa shape index (κ1) is 9.69. The lowest BCUT2D eigenvalue weighted by Crippen LogP contribution is -2.18. The standard InChI is InChI=1S/C10H13BrOS/c1-9(2)5-10(9,6-12)8-7(11)3-4-13-8/h3-4,12H,5-6H2,1-2H3. The van der Waals surface area contributed by atoms with Gasteiger partial charge in [-0.1, -0.05) is 13.8 Å². The summed E-state index contributed by atoms with van der Waals surface area (Å²) in [7, 11) is 0. The first-order valence-corrected chi connectivity index (χ1v) is 6.05. The lowest BCUT2D eigenvalue weighted by atomic mass is 9.95. The van der Waals surface area contributed by atoms with Crippen LogP contribution >= 0.6 is 27.3 Å². The number of aliphatic hydroxyl groups is 1. The monoisotopic (exact) mass is 260 g/mol. The Morgan fingerprint density at radius 2 is 2.23 bits per heavy atom. The van der Waals surface area contributed by atoms with Gasteiger partial charge >= 0.3 is 0 Å². The molecule has 1 fully saturated rings. The van der Waals surface area contributed by atoms with E-state index in [1.807, 2.05) is 0 Å². The van der Waals surface area contributed by atoms with Gasteiger partial charge in [0, 0.05) is 14.8 Å². The van der Waals surface area contributed by atoms with Gasteiger partial charge in [-0.2, -0.15) is 0 Å². The van der Waals surface area contributed by atoms with Crippen LogP contribution in [-0.2, 0) is 5.41 Å². The summed E-state index contributed by atoms with van der Waals surface area (Å²) in [6.07, 6.45) is 1.09. The van der Waals surface area contributed by atoms with E-state index in [0.717, 1.165) is 10.9 Å². The first-order valence-electron chi connectivity index (χ1n) is 4.38. The molecule has 1 aromatic heterocycles. The summed E-state index contributed by atoms with van der Waals surface area (Å²) in [5.41, 5.74) is 0.287. The Morgan fingerprint density at radius 1 is 1.62 bits per heavy atom. The maximum Gasteiger partial charge on any atom is 0.0541 e. The van der Waals surface area contributed by atoms with Crippen molar-refractivity contribution in [2.45, 2.75) is 25.7 Å². The highest BCUT2D eigenvalue weighted by Gasteiger charge is 2.62. The van der Waals surface area contributed by atoms with Gasteiger partial charge in [0.2, 0.25) is 0 Å². The molecule has 72 valence electrons. The Morgan fingerprint density at radius 3 is 2.54 bits per heavy atom. The van der Waals surface area contributed by atoms with E-state index >= 15 is 0 Å². The number of hydrogen-bond donors (Lipinski definition) is 1. The molecule has 1 aromatic rings. The summed E-state index contributed by atoms with van der Waals surface area (Å²) < 4.78 is 1.15. The number of thiophene rings is 1. The van der Waals surface area contributed by atoms with E-state index in [4.69, 9.17) is 0 Å². The summed E-state index contributed by atoms with van der Waals surface area (Å²) in [6.45, 7) is 4.70. The zero-order chi connectivity index (χ0) is 9.69. The fourth-order valence-electron chi connectivity index (χ4n) is 2.07. The lowest BCUT2D eigenvalue weighted by Gasteiger charge is -2.16. The molecule has 1 aliphatic rings. The van der Waals surface area contributed by atoms with E-state index in [-0.39, 0.29) is 17.4 Å². The molecule has 1 nitrogen and oxygen atoms in total. The second kappa shape index (κ2) is 2.81. The number of halogens is 1. The van der Waals surface area contributed by atoms with Crippen LogP contribution in [0.2, 0.25) is 0 Å². The van der Waals surface area contributed by atoms with Crippen LogP contribution in [0.1, 0.15) is 25.1 Å². The van der Waals surface area contributed by atoms with Crippen molar-refractivity contribution in [3.63, 3.8) is 0 Å². The maximum atomic E-state index is 9.47. The fraction of sp³-hybridized carbons (Fsp3) is 0.600. The van der Waals surface area contributed by atoms with E-state index in [1.165, 1.54) is 4.88 Å². The van der Waals surface area contributed by atoms with Crippen molar-refractivity contribution < 1.29 is 5.11 Å². The third-order valence-corrected chi connectivity index (χ3v) is 5.28. The van der Waals surface area contributed by atoms with Crippen LogP contribution in [0.15, 0.2) is 15.9 Å². The second-order valence-corrected chi connectivity index (χ2v) is 6.17. The van der Waals surface area contributed by atoms with Crippen LogP contribution in [-0.4, -0.2) is 11.7 Å². The molecule has 0 bridgehead atoms. The van der Waals surface area contributed by atoms with Gasteiger partial charge in [0.25, 0.3) is 0 Å². The molecule has 1 atom stereocenters. The van der Waals surface area contributed by atoms with Gasteiger partial charge in [-0.3, -0.25) is 0 Å². The topological polar surface area (TPSA) is 20.2 Å². The predicted octanol–water partition coefficient (Wildman–Crippen LogP) is 3.17. The molecule has 1 unspecified atom stereocenters. The summed E-state index contributed by atoms with van der Waals surface area (Å²) in [5.74, 6) is 0. The van der Waals surface area contributed by atoms with Gasteiger partial charge in [-0.25, -0.2) is 0 Å². The minimum Gasteiger partial charge on any atom is -0.395 e. The van der Waals surface area contributed by atoms with Gasteiger partial charge in [0.1, 0.15) is 0 Å².